The Labute approximate surface area is 124 Å². The molecule has 0 bridgehead atoms. The van der Waals surface area contributed by atoms with Gasteiger partial charge in [0.1, 0.15) is 0 Å². The van der Waals surface area contributed by atoms with E-state index in [9.17, 15) is 4.79 Å². The number of carbonyl (C=O) groups excluding carboxylic acids is 1. The van der Waals surface area contributed by atoms with Gasteiger partial charge in [-0.05, 0) is 30.4 Å². The Balaban J connectivity index is 2.44. The van der Waals surface area contributed by atoms with E-state index in [1.165, 1.54) is 11.1 Å². The van der Waals surface area contributed by atoms with Crippen LogP contribution in [0.15, 0.2) is 24.3 Å². The third-order valence-corrected chi connectivity index (χ3v) is 4.15. The normalized spacial score (nSPS) is 12.5. The number of hydrogen-bond donors (Lipinski definition) is 1. The van der Waals surface area contributed by atoms with Crippen LogP contribution in [0.4, 0.5) is 0 Å². The number of amides is 1. The van der Waals surface area contributed by atoms with E-state index in [1.54, 1.807) is 0 Å². The molecule has 2 nitrogen and oxygen atoms in total. The number of aryl methyl sites for hydroxylation is 2. The molecule has 1 amide bonds. The first-order valence-corrected chi connectivity index (χ1v) is 7.97. The van der Waals surface area contributed by atoms with Gasteiger partial charge in [-0.1, -0.05) is 60.7 Å². The lowest BCUT2D eigenvalue weighted by Crippen LogP contribution is -2.39. The highest BCUT2D eigenvalue weighted by atomic mass is 127. The van der Waals surface area contributed by atoms with Crippen LogP contribution >= 0.6 is 22.6 Å². The van der Waals surface area contributed by atoms with E-state index >= 15 is 0 Å². The first kappa shape index (κ1) is 15.5. The number of alkyl halides is 1. The van der Waals surface area contributed by atoms with Crippen LogP contribution in [0.25, 0.3) is 0 Å². The number of carbonyl (C=O) groups is 1. The van der Waals surface area contributed by atoms with Crippen molar-refractivity contribution in [3.63, 3.8) is 0 Å². The van der Waals surface area contributed by atoms with Crippen molar-refractivity contribution in [1.82, 2.24) is 5.32 Å². The van der Waals surface area contributed by atoms with Crippen molar-refractivity contribution < 1.29 is 4.79 Å². The molecule has 100 valence electrons. The minimum absolute atomic E-state index is 0.161. The van der Waals surface area contributed by atoms with Crippen molar-refractivity contribution >= 4 is 28.5 Å². The third kappa shape index (κ3) is 4.96. The van der Waals surface area contributed by atoms with Gasteiger partial charge in [0, 0.05) is 16.9 Å². The van der Waals surface area contributed by atoms with Gasteiger partial charge in [0.15, 0.2) is 0 Å². The van der Waals surface area contributed by atoms with E-state index < -0.39 is 0 Å². The Morgan fingerprint density at radius 3 is 2.56 bits per heavy atom. The summed E-state index contributed by atoms with van der Waals surface area (Å²) >= 11 is 2.33. The van der Waals surface area contributed by atoms with Crippen molar-refractivity contribution in [1.29, 1.82) is 0 Å². The number of rotatable bonds is 6. The molecule has 1 rings (SSSR count). The summed E-state index contributed by atoms with van der Waals surface area (Å²) in [5.41, 5.74) is 2.53. The molecule has 1 unspecified atom stereocenters. The molecule has 0 aliphatic heterocycles. The molecule has 0 spiro atoms. The maximum absolute atomic E-state index is 11.9. The average Bonchev–Trinajstić information content (AvgIpc) is 2.34. The summed E-state index contributed by atoms with van der Waals surface area (Å²) in [6.45, 7) is 6.38. The molecule has 0 saturated heterocycles. The summed E-state index contributed by atoms with van der Waals surface area (Å²) in [5.74, 6) is 0.651. The van der Waals surface area contributed by atoms with Crippen LogP contribution in [0.2, 0.25) is 0 Å². The van der Waals surface area contributed by atoms with Gasteiger partial charge in [-0.3, -0.25) is 4.79 Å². The minimum Gasteiger partial charge on any atom is -0.352 e. The van der Waals surface area contributed by atoms with Gasteiger partial charge in [0.25, 0.3) is 0 Å². The number of benzene rings is 1. The third-order valence-electron chi connectivity index (χ3n) is 3.20. The van der Waals surface area contributed by atoms with Crippen molar-refractivity contribution in [3.05, 3.63) is 35.4 Å². The van der Waals surface area contributed by atoms with E-state index in [4.69, 9.17) is 0 Å². The van der Waals surface area contributed by atoms with Crippen LogP contribution in [0, 0.1) is 12.8 Å². The van der Waals surface area contributed by atoms with Crippen LogP contribution in [0.1, 0.15) is 31.4 Å². The molecule has 1 atom stereocenters. The summed E-state index contributed by atoms with van der Waals surface area (Å²) in [7, 11) is 0. The molecule has 0 radical (unpaired) electrons. The molecule has 3 heteroatoms. The monoisotopic (exact) mass is 359 g/mol. The molecule has 0 fully saturated rings. The fourth-order valence-electron chi connectivity index (χ4n) is 1.80. The lowest BCUT2D eigenvalue weighted by atomic mass is 10.0. The van der Waals surface area contributed by atoms with E-state index in [2.05, 4.69) is 60.8 Å². The highest BCUT2D eigenvalue weighted by Crippen LogP contribution is 2.10. The lowest BCUT2D eigenvalue weighted by Gasteiger charge is -2.20. The Kier molecular flexibility index (Phi) is 6.68. The van der Waals surface area contributed by atoms with Crippen LogP contribution in [-0.2, 0) is 11.2 Å². The molecular formula is C15H22INO. The zero-order chi connectivity index (χ0) is 13.5. The summed E-state index contributed by atoms with van der Waals surface area (Å²) in [6, 6.07) is 8.54. The Morgan fingerprint density at radius 2 is 2.00 bits per heavy atom. The first-order chi connectivity index (χ1) is 8.54. The molecule has 1 N–H and O–H groups in total. The lowest BCUT2D eigenvalue weighted by molar-refractivity contribution is -0.121. The largest absolute Gasteiger partial charge is 0.352 e. The van der Waals surface area contributed by atoms with Crippen molar-refractivity contribution in [2.45, 2.75) is 39.7 Å². The van der Waals surface area contributed by atoms with Crippen LogP contribution in [0.5, 0.6) is 0 Å². The van der Waals surface area contributed by atoms with Gasteiger partial charge in [-0.15, -0.1) is 0 Å². The number of halogens is 1. The Bertz CT molecular complexity index is 390. The standard InChI is InChI=1S/C15H22INO/c1-11(2)14(10-16)17-15(18)9-8-13-7-5-4-6-12(13)3/h4-7,11,14H,8-10H2,1-3H3,(H,17,18). The molecule has 0 heterocycles. The van der Waals surface area contributed by atoms with Crippen LogP contribution in [0.3, 0.4) is 0 Å². The molecule has 1 aromatic rings. The highest BCUT2D eigenvalue weighted by molar-refractivity contribution is 14.1. The Hall–Kier alpha value is -0.580. The maximum atomic E-state index is 11.9. The van der Waals surface area contributed by atoms with Crippen molar-refractivity contribution in [2.75, 3.05) is 4.43 Å². The first-order valence-electron chi connectivity index (χ1n) is 6.44. The van der Waals surface area contributed by atoms with Crippen LogP contribution in [-0.4, -0.2) is 16.4 Å². The van der Waals surface area contributed by atoms with E-state index in [0.717, 1.165) is 10.8 Å². The molecule has 0 aliphatic rings. The predicted octanol–water partition coefficient (Wildman–Crippen LogP) is 3.50. The average molecular weight is 359 g/mol. The Morgan fingerprint density at radius 1 is 1.33 bits per heavy atom. The fraction of sp³-hybridized carbons (Fsp3) is 0.533. The molecular weight excluding hydrogens is 337 g/mol. The molecule has 0 saturated carbocycles. The zero-order valence-corrected chi connectivity index (χ0v) is 13.5. The predicted molar refractivity (Wildman–Crippen MR) is 85.2 cm³/mol. The molecule has 1 aromatic carbocycles. The zero-order valence-electron chi connectivity index (χ0n) is 11.4. The smallest absolute Gasteiger partial charge is 0.220 e. The van der Waals surface area contributed by atoms with Gasteiger partial charge >= 0.3 is 0 Å². The maximum Gasteiger partial charge on any atom is 0.220 e. The summed E-state index contributed by atoms with van der Waals surface area (Å²) in [5, 5.41) is 3.11. The summed E-state index contributed by atoms with van der Waals surface area (Å²) in [4.78, 5) is 11.9. The second-order valence-corrected chi connectivity index (χ2v) is 5.88. The minimum atomic E-state index is 0.161. The van der Waals surface area contributed by atoms with Gasteiger partial charge in [0.05, 0.1) is 0 Å². The SMILES string of the molecule is Cc1ccccc1CCC(=O)NC(CI)C(C)C. The van der Waals surface area contributed by atoms with Crippen molar-refractivity contribution in [2.24, 2.45) is 5.92 Å². The van der Waals surface area contributed by atoms with E-state index in [-0.39, 0.29) is 11.9 Å². The van der Waals surface area contributed by atoms with E-state index in [1.807, 2.05) is 12.1 Å². The van der Waals surface area contributed by atoms with Gasteiger partial charge in [-0.2, -0.15) is 0 Å². The molecule has 18 heavy (non-hydrogen) atoms. The summed E-state index contributed by atoms with van der Waals surface area (Å²) in [6.07, 6.45) is 1.40. The van der Waals surface area contributed by atoms with Crippen molar-refractivity contribution in [3.8, 4) is 0 Å². The van der Waals surface area contributed by atoms with Gasteiger partial charge < -0.3 is 5.32 Å². The second kappa shape index (κ2) is 7.77. The quantitative estimate of drug-likeness (QED) is 0.611. The van der Waals surface area contributed by atoms with Crippen LogP contribution < -0.4 is 5.32 Å². The topological polar surface area (TPSA) is 29.1 Å². The fourth-order valence-corrected chi connectivity index (χ4v) is 3.04. The number of nitrogens with one attached hydrogen (secondary N) is 1. The molecule has 0 aliphatic carbocycles. The number of hydrogen-bond acceptors (Lipinski definition) is 1. The van der Waals surface area contributed by atoms with Gasteiger partial charge in [0.2, 0.25) is 5.91 Å². The summed E-state index contributed by atoms with van der Waals surface area (Å²) < 4.78 is 0.964. The second-order valence-electron chi connectivity index (χ2n) is 5.00. The van der Waals surface area contributed by atoms with Gasteiger partial charge in [-0.25, -0.2) is 0 Å². The molecule has 0 aromatic heterocycles. The van der Waals surface area contributed by atoms with E-state index in [0.29, 0.717) is 12.3 Å². The highest BCUT2D eigenvalue weighted by Gasteiger charge is 2.14.